The Morgan fingerprint density at radius 1 is 1.23 bits per heavy atom. The predicted octanol–water partition coefficient (Wildman–Crippen LogP) is 1.28. The number of anilines is 1. The number of amides is 1. The van der Waals surface area contributed by atoms with Gasteiger partial charge in [0.1, 0.15) is 0 Å². The molecule has 0 radical (unpaired) electrons. The maximum absolute atomic E-state index is 12.6. The Bertz CT molecular complexity index is 838. The van der Waals surface area contributed by atoms with Gasteiger partial charge in [-0.05, 0) is 31.0 Å². The number of hydrogen-bond donors (Lipinski definition) is 2. The molecule has 2 aliphatic rings. The zero-order valence-corrected chi connectivity index (χ0v) is 14.5. The predicted molar refractivity (Wildman–Crippen MR) is 97.6 cm³/mol. The first-order chi connectivity index (χ1) is 12.7. The van der Waals surface area contributed by atoms with E-state index >= 15 is 0 Å². The topological polar surface area (TPSA) is 87.3 Å². The van der Waals surface area contributed by atoms with E-state index in [9.17, 15) is 9.59 Å². The van der Waals surface area contributed by atoms with Gasteiger partial charge < -0.3 is 19.9 Å². The minimum Gasteiger partial charge on any atom is -0.378 e. The standard InChI is InChI=1S/C19H22N4O3/c24-18-11-17(20-12-21-18)14-8-15(9-14)22-19(25)13-2-1-3-16(10-13)23-4-6-26-7-5-23/h1-3,10-12,14-15H,4-9H2,(H,22,25)(H,20,21,24). The highest BCUT2D eigenvalue weighted by Gasteiger charge is 2.32. The first kappa shape index (κ1) is 16.8. The summed E-state index contributed by atoms with van der Waals surface area (Å²) in [7, 11) is 0. The Labute approximate surface area is 151 Å². The van der Waals surface area contributed by atoms with Crippen LogP contribution >= 0.6 is 0 Å². The van der Waals surface area contributed by atoms with Crippen LogP contribution in [0.2, 0.25) is 0 Å². The van der Waals surface area contributed by atoms with Crippen molar-refractivity contribution in [2.45, 2.75) is 24.8 Å². The summed E-state index contributed by atoms with van der Waals surface area (Å²) in [5.41, 5.74) is 2.39. The van der Waals surface area contributed by atoms with Gasteiger partial charge in [0.25, 0.3) is 11.5 Å². The highest BCUT2D eigenvalue weighted by atomic mass is 16.5. The van der Waals surface area contributed by atoms with Gasteiger partial charge in [-0.3, -0.25) is 9.59 Å². The Morgan fingerprint density at radius 3 is 2.81 bits per heavy atom. The molecule has 0 unspecified atom stereocenters. The third kappa shape index (κ3) is 3.62. The summed E-state index contributed by atoms with van der Waals surface area (Å²) in [6.45, 7) is 3.13. The summed E-state index contributed by atoms with van der Waals surface area (Å²) >= 11 is 0. The van der Waals surface area contributed by atoms with Crippen molar-refractivity contribution in [3.05, 3.63) is 58.3 Å². The molecule has 2 aromatic rings. The molecule has 2 N–H and O–H groups in total. The summed E-state index contributed by atoms with van der Waals surface area (Å²) in [6, 6.07) is 9.39. The van der Waals surface area contributed by atoms with E-state index in [2.05, 4.69) is 20.2 Å². The number of nitrogens with one attached hydrogen (secondary N) is 2. The number of aromatic nitrogens is 2. The SMILES string of the molecule is O=C(NC1CC(c2cc(=O)[nH]cn2)C1)c1cccc(N2CCOCC2)c1. The zero-order valence-electron chi connectivity index (χ0n) is 14.5. The third-order valence-corrected chi connectivity index (χ3v) is 5.08. The van der Waals surface area contributed by atoms with E-state index in [1.807, 2.05) is 24.3 Å². The van der Waals surface area contributed by atoms with Crippen molar-refractivity contribution in [3.8, 4) is 0 Å². The van der Waals surface area contributed by atoms with Crippen LogP contribution in [-0.2, 0) is 4.74 Å². The van der Waals surface area contributed by atoms with Crippen LogP contribution in [0.15, 0.2) is 41.5 Å². The Hall–Kier alpha value is -2.67. The van der Waals surface area contributed by atoms with Gasteiger partial charge in [0, 0.05) is 42.4 Å². The molecule has 4 rings (SSSR count). The van der Waals surface area contributed by atoms with E-state index in [0.717, 1.165) is 50.5 Å². The maximum atomic E-state index is 12.6. The number of rotatable bonds is 4. The third-order valence-electron chi connectivity index (χ3n) is 5.08. The number of ether oxygens (including phenoxy) is 1. The Morgan fingerprint density at radius 2 is 2.04 bits per heavy atom. The van der Waals surface area contributed by atoms with Gasteiger partial charge in [-0.15, -0.1) is 0 Å². The Kier molecular flexibility index (Phi) is 4.71. The second-order valence-corrected chi connectivity index (χ2v) is 6.82. The molecule has 26 heavy (non-hydrogen) atoms. The number of benzene rings is 1. The fourth-order valence-electron chi connectivity index (χ4n) is 3.52. The van der Waals surface area contributed by atoms with E-state index in [-0.39, 0.29) is 23.4 Å². The molecule has 1 saturated carbocycles. The number of carbonyl (C=O) groups excluding carboxylic acids is 1. The molecule has 0 spiro atoms. The second-order valence-electron chi connectivity index (χ2n) is 6.82. The second kappa shape index (κ2) is 7.29. The first-order valence-corrected chi connectivity index (χ1v) is 8.97. The molecule has 1 aliphatic carbocycles. The van der Waals surface area contributed by atoms with Gasteiger partial charge in [0.15, 0.2) is 0 Å². The van der Waals surface area contributed by atoms with Crippen molar-refractivity contribution in [1.82, 2.24) is 15.3 Å². The summed E-state index contributed by atoms with van der Waals surface area (Å²) in [5.74, 6) is 0.185. The van der Waals surface area contributed by atoms with Crippen molar-refractivity contribution < 1.29 is 9.53 Å². The van der Waals surface area contributed by atoms with E-state index in [1.54, 1.807) is 0 Å². The van der Waals surface area contributed by atoms with Gasteiger partial charge >= 0.3 is 0 Å². The largest absolute Gasteiger partial charge is 0.378 e. The minimum absolute atomic E-state index is 0.0533. The molecular formula is C19H22N4O3. The highest BCUT2D eigenvalue weighted by Crippen LogP contribution is 2.35. The summed E-state index contributed by atoms with van der Waals surface area (Å²) in [6.07, 6.45) is 3.05. The van der Waals surface area contributed by atoms with Crippen molar-refractivity contribution in [1.29, 1.82) is 0 Å². The molecule has 2 fully saturated rings. The van der Waals surface area contributed by atoms with Gasteiger partial charge in [-0.2, -0.15) is 0 Å². The number of carbonyl (C=O) groups is 1. The molecule has 7 nitrogen and oxygen atoms in total. The van der Waals surface area contributed by atoms with Crippen LogP contribution in [0, 0.1) is 0 Å². The molecule has 1 aromatic carbocycles. The molecule has 1 aliphatic heterocycles. The number of hydrogen-bond acceptors (Lipinski definition) is 5. The lowest BCUT2D eigenvalue weighted by Crippen LogP contribution is -2.43. The molecule has 136 valence electrons. The number of morpholine rings is 1. The lowest BCUT2D eigenvalue weighted by Gasteiger charge is -2.35. The Balaban J connectivity index is 1.35. The fraction of sp³-hybridized carbons (Fsp3) is 0.421. The molecule has 0 atom stereocenters. The van der Waals surface area contributed by atoms with E-state index in [0.29, 0.717) is 5.56 Å². The number of nitrogens with zero attached hydrogens (tertiary/aromatic N) is 2. The van der Waals surface area contributed by atoms with E-state index in [4.69, 9.17) is 4.74 Å². The number of H-pyrrole nitrogens is 1. The normalized spacial score (nSPS) is 22.5. The van der Waals surface area contributed by atoms with Gasteiger partial charge in [-0.25, -0.2) is 4.98 Å². The van der Waals surface area contributed by atoms with Gasteiger partial charge in [0.05, 0.1) is 25.2 Å². The van der Waals surface area contributed by atoms with Crippen LogP contribution in [0.5, 0.6) is 0 Å². The lowest BCUT2D eigenvalue weighted by atomic mass is 9.78. The van der Waals surface area contributed by atoms with Crippen LogP contribution < -0.4 is 15.8 Å². The summed E-state index contributed by atoms with van der Waals surface area (Å²) < 4.78 is 5.38. The monoisotopic (exact) mass is 354 g/mol. The van der Waals surface area contributed by atoms with E-state index in [1.165, 1.54) is 12.4 Å². The highest BCUT2D eigenvalue weighted by molar-refractivity contribution is 5.95. The smallest absolute Gasteiger partial charge is 0.251 e. The van der Waals surface area contributed by atoms with Crippen LogP contribution in [0.4, 0.5) is 5.69 Å². The quantitative estimate of drug-likeness (QED) is 0.864. The van der Waals surface area contributed by atoms with Gasteiger partial charge in [0.2, 0.25) is 0 Å². The number of aromatic amines is 1. The molecule has 1 saturated heterocycles. The van der Waals surface area contributed by atoms with Crippen molar-refractivity contribution in [2.24, 2.45) is 0 Å². The molecule has 7 heteroatoms. The lowest BCUT2D eigenvalue weighted by molar-refractivity contribution is 0.0908. The van der Waals surface area contributed by atoms with Crippen molar-refractivity contribution >= 4 is 11.6 Å². The summed E-state index contributed by atoms with van der Waals surface area (Å²) in [5, 5.41) is 3.08. The molecule has 1 amide bonds. The van der Waals surface area contributed by atoms with Crippen LogP contribution in [-0.4, -0.2) is 48.2 Å². The first-order valence-electron chi connectivity index (χ1n) is 8.97. The fourth-order valence-corrected chi connectivity index (χ4v) is 3.52. The molecule has 2 heterocycles. The molecule has 1 aromatic heterocycles. The summed E-state index contributed by atoms with van der Waals surface area (Å²) in [4.78, 5) is 32.9. The molecule has 0 bridgehead atoms. The van der Waals surface area contributed by atoms with Gasteiger partial charge in [-0.1, -0.05) is 6.07 Å². The average Bonchev–Trinajstić information content (AvgIpc) is 2.65. The zero-order chi connectivity index (χ0) is 17.9. The van der Waals surface area contributed by atoms with Crippen molar-refractivity contribution in [3.63, 3.8) is 0 Å². The minimum atomic E-state index is -0.137. The molecular weight excluding hydrogens is 332 g/mol. The van der Waals surface area contributed by atoms with E-state index < -0.39 is 0 Å². The van der Waals surface area contributed by atoms with Crippen LogP contribution in [0.25, 0.3) is 0 Å². The van der Waals surface area contributed by atoms with Crippen molar-refractivity contribution in [2.75, 3.05) is 31.2 Å². The van der Waals surface area contributed by atoms with Crippen LogP contribution in [0.1, 0.15) is 34.8 Å². The maximum Gasteiger partial charge on any atom is 0.251 e. The average molecular weight is 354 g/mol. The van der Waals surface area contributed by atoms with Crippen LogP contribution in [0.3, 0.4) is 0 Å².